The number of benzene rings is 2. The van der Waals surface area contributed by atoms with Crippen LogP contribution in [0.1, 0.15) is 26.3 Å². The van der Waals surface area contributed by atoms with Gasteiger partial charge in [-0.2, -0.15) is 0 Å². The molecule has 0 fully saturated rings. The van der Waals surface area contributed by atoms with E-state index in [0.717, 1.165) is 15.8 Å². The Morgan fingerprint density at radius 2 is 1.68 bits per heavy atom. The largest absolute Gasteiger partial charge is 0.508 e. The molecule has 0 aliphatic rings. The van der Waals surface area contributed by atoms with E-state index >= 15 is 0 Å². The lowest BCUT2D eigenvalue weighted by atomic mass is 9.86. The monoisotopic (exact) mass is 320 g/mol. The quantitative estimate of drug-likeness (QED) is 0.819. The van der Waals surface area contributed by atoms with E-state index in [9.17, 15) is 5.11 Å². The van der Waals surface area contributed by atoms with E-state index in [1.165, 1.54) is 0 Å². The van der Waals surface area contributed by atoms with Crippen LogP contribution < -0.4 is 4.74 Å². The van der Waals surface area contributed by atoms with Crippen molar-refractivity contribution in [3.05, 3.63) is 52.5 Å². The van der Waals surface area contributed by atoms with Gasteiger partial charge in [0.25, 0.3) is 0 Å². The van der Waals surface area contributed by atoms with Crippen LogP contribution in [0.25, 0.3) is 0 Å². The van der Waals surface area contributed by atoms with Crippen molar-refractivity contribution in [1.82, 2.24) is 0 Å². The summed E-state index contributed by atoms with van der Waals surface area (Å²) in [6.45, 7) is 6.20. The molecular weight excluding hydrogens is 304 g/mol. The second-order valence-corrected chi connectivity index (χ2v) is 6.40. The summed E-state index contributed by atoms with van der Waals surface area (Å²) in [5.41, 5.74) is 0.826. The van der Waals surface area contributed by atoms with Gasteiger partial charge in [-0.3, -0.25) is 0 Å². The molecule has 0 heterocycles. The Morgan fingerprint density at radius 1 is 1.00 bits per heavy atom. The van der Waals surface area contributed by atoms with Crippen LogP contribution in [0.4, 0.5) is 0 Å². The van der Waals surface area contributed by atoms with E-state index < -0.39 is 0 Å². The summed E-state index contributed by atoms with van der Waals surface area (Å²) in [6, 6.07) is 13.0. The molecule has 0 saturated heterocycles. The Labute approximate surface area is 122 Å². The zero-order valence-corrected chi connectivity index (χ0v) is 12.9. The van der Waals surface area contributed by atoms with Crippen molar-refractivity contribution in [2.24, 2.45) is 0 Å². The van der Waals surface area contributed by atoms with Crippen molar-refractivity contribution in [3.63, 3.8) is 0 Å². The predicted molar refractivity (Wildman–Crippen MR) is 81.0 cm³/mol. The highest BCUT2D eigenvalue weighted by Crippen LogP contribution is 2.34. The van der Waals surface area contributed by atoms with Crippen molar-refractivity contribution in [2.45, 2.75) is 26.2 Å². The maximum absolute atomic E-state index is 10.1. The van der Waals surface area contributed by atoms with Gasteiger partial charge in [-0.05, 0) is 35.2 Å². The van der Waals surface area contributed by atoms with Gasteiger partial charge in [-0.25, -0.2) is 0 Å². The minimum Gasteiger partial charge on any atom is -0.508 e. The van der Waals surface area contributed by atoms with E-state index in [4.69, 9.17) is 4.74 Å². The van der Waals surface area contributed by atoms with Crippen LogP contribution >= 0.6 is 15.9 Å². The lowest BCUT2D eigenvalue weighted by Gasteiger charge is -2.20. The van der Waals surface area contributed by atoms with Crippen LogP contribution in [0.3, 0.4) is 0 Å². The van der Waals surface area contributed by atoms with Gasteiger partial charge in [-0.15, -0.1) is 0 Å². The minimum atomic E-state index is -0.0849. The zero-order valence-electron chi connectivity index (χ0n) is 11.3. The lowest BCUT2D eigenvalue weighted by molar-refractivity contribution is 0.434. The Hall–Kier alpha value is -1.48. The fourth-order valence-electron chi connectivity index (χ4n) is 1.88. The highest BCUT2D eigenvalue weighted by molar-refractivity contribution is 9.10. The summed E-state index contributed by atoms with van der Waals surface area (Å²) >= 11 is 3.40. The first-order chi connectivity index (χ1) is 8.86. The molecule has 0 aliphatic carbocycles. The SMILES string of the molecule is CC(C)(C)c1ccc(Oc2cccc(Br)c2)cc1O. The number of phenols is 1. The number of ether oxygens (including phenoxy) is 1. The summed E-state index contributed by atoms with van der Waals surface area (Å²) in [4.78, 5) is 0. The molecule has 0 unspecified atom stereocenters. The molecule has 0 saturated carbocycles. The number of aromatic hydroxyl groups is 1. The number of hydrogen-bond donors (Lipinski definition) is 1. The van der Waals surface area contributed by atoms with Gasteiger partial charge in [0, 0.05) is 10.5 Å². The Balaban J connectivity index is 2.26. The van der Waals surface area contributed by atoms with Gasteiger partial charge in [0.1, 0.15) is 17.2 Å². The highest BCUT2D eigenvalue weighted by Gasteiger charge is 2.18. The van der Waals surface area contributed by atoms with Crippen LogP contribution in [-0.2, 0) is 5.41 Å². The van der Waals surface area contributed by atoms with Crippen molar-refractivity contribution in [3.8, 4) is 17.2 Å². The molecule has 0 radical (unpaired) electrons. The number of hydrogen-bond acceptors (Lipinski definition) is 2. The maximum atomic E-state index is 10.1. The average Bonchev–Trinajstić information content (AvgIpc) is 2.27. The van der Waals surface area contributed by atoms with Crippen LogP contribution in [0.2, 0.25) is 0 Å². The molecule has 0 aromatic heterocycles. The van der Waals surface area contributed by atoms with E-state index in [2.05, 4.69) is 36.7 Å². The highest BCUT2D eigenvalue weighted by atomic mass is 79.9. The van der Waals surface area contributed by atoms with Crippen molar-refractivity contribution in [2.75, 3.05) is 0 Å². The normalized spacial score (nSPS) is 11.4. The predicted octanol–water partition coefficient (Wildman–Crippen LogP) is 5.24. The first-order valence-corrected chi connectivity index (χ1v) is 6.92. The fourth-order valence-corrected chi connectivity index (χ4v) is 2.25. The van der Waals surface area contributed by atoms with Gasteiger partial charge in [0.2, 0.25) is 0 Å². The van der Waals surface area contributed by atoms with Gasteiger partial charge < -0.3 is 9.84 Å². The summed E-state index contributed by atoms with van der Waals surface area (Å²) in [5, 5.41) is 10.1. The molecule has 0 amide bonds. The van der Waals surface area contributed by atoms with Gasteiger partial charge in [0.15, 0.2) is 0 Å². The topological polar surface area (TPSA) is 29.5 Å². The van der Waals surface area contributed by atoms with Crippen molar-refractivity contribution < 1.29 is 9.84 Å². The van der Waals surface area contributed by atoms with Crippen molar-refractivity contribution >= 4 is 15.9 Å². The van der Waals surface area contributed by atoms with E-state index in [1.54, 1.807) is 6.07 Å². The second kappa shape index (κ2) is 5.25. The first kappa shape index (κ1) is 13.9. The minimum absolute atomic E-state index is 0.0849. The maximum Gasteiger partial charge on any atom is 0.131 e. The van der Waals surface area contributed by atoms with Crippen molar-refractivity contribution in [1.29, 1.82) is 0 Å². The van der Waals surface area contributed by atoms with Crippen LogP contribution in [-0.4, -0.2) is 5.11 Å². The van der Waals surface area contributed by atoms with Crippen LogP contribution in [0, 0.1) is 0 Å². The Morgan fingerprint density at radius 3 is 2.26 bits per heavy atom. The van der Waals surface area contributed by atoms with Crippen LogP contribution in [0.15, 0.2) is 46.9 Å². The van der Waals surface area contributed by atoms with Crippen LogP contribution in [0.5, 0.6) is 17.2 Å². The molecule has 0 bridgehead atoms. The number of halogens is 1. The zero-order chi connectivity index (χ0) is 14.0. The molecular formula is C16H17BrO2. The van der Waals surface area contributed by atoms with Gasteiger partial charge in [0.05, 0.1) is 0 Å². The third-order valence-electron chi connectivity index (χ3n) is 2.81. The first-order valence-electron chi connectivity index (χ1n) is 6.13. The molecule has 19 heavy (non-hydrogen) atoms. The van der Waals surface area contributed by atoms with Gasteiger partial charge >= 0.3 is 0 Å². The molecule has 2 aromatic carbocycles. The summed E-state index contributed by atoms with van der Waals surface area (Å²) < 4.78 is 6.68. The molecule has 0 spiro atoms. The standard InChI is InChI=1S/C16H17BrO2/c1-16(2,3)14-8-7-13(10-15(14)18)19-12-6-4-5-11(17)9-12/h4-10,18H,1-3H3. The Bertz CT molecular complexity index is 586. The van der Waals surface area contributed by atoms with E-state index in [-0.39, 0.29) is 11.2 Å². The summed E-state index contributed by atoms with van der Waals surface area (Å²) in [5.74, 6) is 1.63. The third kappa shape index (κ3) is 3.51. The molecule has 2 aromatic rings. The molecule has 100 valence electrons. The van der Waals surface area contributed by atoms with Gasteiger partial charge in [-0.1, -0.05) is 48.8 Å². The Kier molecular flexibility index (Phi) is 3.85. The molecule has 0 atom stereocenters. The smallest absolute Gasteiger partial charge is 0.131 e. The lowest BCUT2D eigenvalue weighted by Crippen LogP contribution is -2.11. The molecule has 3 heteroatoms. The fraction of sp³-hybridized carbons (Fsp3) is 0.250. The second-order valence-electron chi connectivity index (χ2n) is 5.49. The average molecular weight is 321 g/mol. The van der Waals surface area contributed by atoms with E-state index in [0.29, 0.717) is 5.75 Å². The molecule has 0 aliphatic heterocycles. The number of rotatable bonds is 2. The summed E-state index contributed by atoms with van der Waals surface area (Å²) in [7, 11) is 0. The third-order valence-corrected chi connectivity index (χ3v) is 3.30. The number of phenolic OH excluding ortho intramolecular Hbond substituents is 1. The molecule has 1 N–H and O–H groups in total. The van der Waals surface area contributed by atoms with E-state index in [1.807, 2.05) is 36.4 Å². The molecule has 2 nitrogen and oxygen atoms in total. The molecule has 2 rings (SSSR count). The summed E-state index contributed by atoms with van der Waals surface area (Å²) in [6.07, 6.45) is 0.